The number of anilines is 1. The summed E-state index contributed by atoms with van der Waals surface area (Å²) in [6.07, 6.45) is 6.14. The van der Waals surface area contributed by atoms with Crippen LogP contribution in [0, 0.1) is 0 Å². The average molecular weight is 194 g/mol. The van der Waals surface area contributed by atoms with E-state index in [9.17, 15) is 0 Å². The van der Waals surface area contributed by atoms with Crippen molar-refractivity contribution in [2.75, 3.05) is 18.0 Å². The quantitative estimate of drug-likeness (QED) is 0.775. The molecule has 1 fully saturated rings. The van der Waals surface area contributed by atoms with E-state index >= 15 is 0 Å². The van der Waals surface area contributed by atoms with Crippen LogP contribution >= 0.6 is 0 Å². The van der Waals surface area contributed by atoms with Crippen molar-refractivity contribution in [3.05, 3.63) is 12.4 Å². The van der Waals surface area contributed by atoms with Crippen LogP contribution < -0.4 is 10.6 Å². The molecule has 0 spiro atoms. The lowest BCUT2D eigenvalue weighted by Crippen LogP contribution is -2.28. The van der Waals surface area contributed by atoms with Gasteiger partial charge in [0.15, 0.2) is 0 Å². The summed E-state index contributed by atoms with van der Waals surface area (Å²) in [6.45, 7) is 5.21. The van der Waals surface area contributed by atoms with Crippen LogP contribution in [0.4, 0.5) is 5.95 Å². The highest BCUT2D eigenvalue weighted by Crippen LogP contribution is 2.17. The van der Waals surface area contributed by atoms with Crippen molar-refractivity contribution in [3.63, 3.8) is 0 Å². The van der Waals surface area contributed by atoms with E-state index in [1.165, 1.54) is 0 Å². The van der Waals surface area contributed by atoms with Crippen molar-refractivity contribution < 1.29 is 0 Å². The van der Waals surface area contributed by atoms with Crippen LogP contribution in [0.3, 0.4) is 0 Å². The standard InChI is InChI=1S/C10H18N4/c1-2-5-13-7-4-12-10(13)14-6-3-9(11)8-14/h4,7,9H,2-3,5-6,8,11H2,1H3/t9-/m0/s1. The zero-order chi connectivity index (χ0) is 9.97. The Hall–Kier alpha value is -1.03. The van der Waals surface area contributed by atoms with Gasteiger partial charge in [0, 0.05) is 38.1 Å². The van der Waals surface area contributed by atoms with Crippen LogP contribution in [0.15, 0.2) is 12.4 Å². The first-order chi connectivity index (χ1) is 6.81. The van der Waals surface area contributed by atoms with Crippen LogP contribution in [0.1, 0.15) is 19.8 Å². The van der Waals surface area contributed by atoms with Gasteiger partial charge in [-0.15, -0.1) is 0 Å². The van der Waals surface area contributed by atoms with Crippen molar-refractivity contribution >= 4 is 5.95 Å². The maximum atomic E-state index is 5.88. The minimum absolute atomic E-state index is 0.321. The van der Waals surface area contributed by atoms with Crippen molar-refractivity contribution in [1.29, 1.82) is 0 Å². The predicted molar refractivity (Wildman–Crippen MR) is 57.3 cm³/mol. The van der Waals surface area contributed by atoms with Gasteiger partial charge in [0.25, 0.3) is 0 Å². The molecule has 4 nitrogen and oxygen atoms in total. The predicted octanol–water partition coefficient (Wildman–Crippen LogP) is 0.830. The van der Waals surface area contributed by atoms with Gasteiger partial charge in [-0.25, -0.2) is 4.98 Å². The van der Waals surface area contributed by atoms with Crippen LogP contribution in [0.5, 0.6) is 0 Å². The molecule has 14 heavy (non-hydrogen) atoms. The summed E-state index contributed by atoms with van der Waals surface area (Å²) in [6, 6.07) is 0.321. The Kier molecular flexibility index (Phi) is 2.72. The van der Waals surface area contributed by atoms with E-state index in [2.05, 4.69) is 21.4 Å². The Labute approximate surface area is 84.7 Å². The second-order valence-electron chi connectivity index (χ2n) is 3.92. The summed E-state index contributed by atoms with van der Waals surface area (Å²) in [5, 5.41) is 0. The molecule has 0 amide bonds. The van der Waals surface area contributed by atoms with Crippen molar-refractivity contribution in [2.45, 2.75) is 32.4 Å². The third-order valence-electron chi connectivity index (χ3n) is 2.67. The number of aryl methyl sites for hydroxylation is 1. The summed E-state index contributed by atoms with van der Waals surface area (Å²) in [5.41, 5.74) is 5.88. The molecule has 0 aromatic carbocycles. The molecule has 0 saturated carbocycles. The van der Waals surface area contributed by atoms with Gasteiger partial charge >= 0.3 is 0 Å². The summed E-state index contributed by atoms with van der Waals surface area (Å²) < 4.78 is 2.21. The number of aromatic nitrogens is 2. The minimum atomic E-state index is 0.321. The molecule has 78 valence electrons. The Bertz CT molecular complexity index is 294. The second kappa shape index (κ2) is 4.00. The van der Waals surface area contributed by atoms with Crippen molar-refractivity contribution in [3.8, 4) is 0 Å². The molecule has 0 unspecified atom stereocenters. The lowest BCUT2D eigenvalue weighted by Gasteiger charge is -2.18. The smallest absolute Gasteiger partial charge is 0.205 e. The SMILES string of the molecule is CCCn1ccnc1N1CC[C@H](N)C1. The lowest BCUT2D eigenvalue weighted by atomic mass is 10.3. The minimum Gasteiger partial charge on any atom is -0.341 e. The Morgan fingerprint density at radius 2 is 2.50 bits per heavy atom. The fourth-order valence-corrected chi connectivity index (χ4v) is 1.97. The van der Waals surface area contributed by atoms with Crippen LogP contribution in [-0.2, 0) is 6.54 Å². The monoisotopic (exact) mass is 194 g/mol. The van der Waals surface area contributed by atoms with Gasteiger partial charge in [-0.2, -0.15) is 0 Å². The third-order valence-corrected chi connectivity index (χ3v) is 2.67. The van der Waals surface area contributed by atoms with Crippen LogP contribution in [0.2, 0.25) is 0 Å². The first-order valence-corrected chi connectivity index (χ1v) is 5.33. The molecule has 1 saturated heterocycles. The Morgan fingerprint density at radius 1 is 1.64 bits per heavy atom. The van der Waals surface area contributed by atoms with E-state index < -0.39 is 0 Å². The van der Waals surface area contributed by atoms with E-state index in [0.29, 0.717) is 6.04 Å². The van der Waals surface area contributed by atoms with Gasteiger partial charge in [0.1, 0.15) is 0 Å². The van der Waals surface area contributed by atoms with Gasteiger partial charge in [-0.1, -0.05) is 6.92 Å². The van der Waals surface area contributed by atoms with E-state index in [4.69, 9.17) is 5.73 Å². The maximum absolute atomic E-state index is 5.88. The molecule has 1 aromatic rings. The van der Waals surface area contributed by atoms with Crippen LogP contribution in [0.25, 0.3) is 0 Å². The van der Waals surface area contributed by atoms with Crippen molar-refractivity contribution in [2.24, 2.45) is 5.73 Å². The molecule has 0 bridgehead atoms. The third kappa shape index (κ3) is 1.75. The van der Waals surface area contributed by atoms with Gasteiger partial charge in [-0.3, -0.25) is 0 Å². The van der Waals surface area contributed by atoms with E-state index in [-0.39, 0.29) is 0 Å². The van der Waals surface area contributed by atoms with Crippen LogP contribution in [-0.4, -0.2) is 28.7 Å². The molecule has 0 aliphatic carbocycles. The first kappa shape index (κ1) is 9.52. The summed E-state index contributed by atoms with van der Waals surface area (Å²) in [5.74, 6) is 1.08. The van der Waals surface area contributed by atoms with Crippen molar-refractivity contribution in [1.82, 2.24) is 9.55 Å². The lowest BCUT2D eigenvalue weighted by molar-refractivity contribution is 0.662. The Balaban J connectivity index is 2.11. The zero-order valence-corrected chi connectivity index (χ0v) is 8.69. The fourth-order valence-electron chi connectivity index (χ4n) is 1.97. The molecule has 1 aliphatic heterocycles. The van der Waals surface area contributed by atoms with Gasteiger partial charge in [0.2, 0.25) is 5.95 Å². The highest BCUT2D eigenvalue weighted by molar-refractivity contribution is 5.33. The Morgan fingerprint density at radius 3 is 3.14 bits per heavy atom. The van der Waals surface area contributed by atoms with Gasteiger partial charge in [0.05, 0.1) is 0 Å². The molecule has 2 rings (SSSR count). The number of hydrogen-bond acceptors (Lipinski definition) is 3. The molecule has 1 atom stereocenters. The normalized spacial score (nSPS) is 21.9. The molecule has 4 heteroatoms. The summed E-state index contributed by atoms with van der Waals surface area (Å²) in [4.78, 5) is 6.66. The largest absolute Gasteiger partial charge is 0.341 e. The average Bonchev–Trinajstić information content (AvgIpc) is 2.74. The first-order valence-electron chi connectivity index (χ1n) is 5.33. The molecule has 2 N–H and O–H groups in total. The number of rotatable bonds is 3. The maximum Gasteiger partial charge on any atom is 0.205 e. The number of imidazole rings is 1. The highest BCUT2D eigenvalue weighted by Gasteiger charge is 2.22. The number of nitrogens with two attached hydrogens (primary N) is 1. The van der Waals surface area contributed by atoms with E-state index in [0.717, 1.165) is 38.4 Å². The molecular weight excluding hydrogens is 176 g/mol. The molecule has 1 aromatic heterocycles. The number of hydrogen-bond donors (Lipinski definition) is 1. The molecular formula is C10H18N4. The molecule has 1 aliphatic rings. The summed E-state index contributed by atoms with van der Waals surface area (Å²) in [7, 11) is 0. The topological polar surface area (TPSA) is 47.1 Å². The van der Waals surface area contributed by atoms with Gasteiger partial charge < -0.3 is 15.2 Å². The van der Waals surface area contributed by atoms with Gasteiger partial charge in [-0.05, 0) is 12.8 Å². The molecule has 0 radical (unpaired) electrons. The van der Waals surface area contributed by atoms with E-state index in [1.54, 1.807) is 0 Å². The molecule has 2 heterocycles. The zero-order valence-electron chi connectivity index (χ0n) is 8.69. The highest BCUT2D eigenvalue weighted by atomic mass is 15.3. The summed E-state index contributed by atoms with van der Waals surface area (Å²) >= 11 is 0. The number of nitrogens with zero attached hydrogens (tertiary/aromatic N) is 3. The fraction of sp³-hybridized carbons (Fsp3) is 0.700. The second-order valence-corrected chi connectivity index (χ2v) is 3.92. The van der Waals surface area contributed by atoms with E-state index in [1.807, 2.05) is 12.4 Å².